The number of carbonyl (C=O) groups excluding carboxylic acids is 2. The molecule has 1 atom stereocenters. The normalized spacial score (nSPS) is 17.6. The van der Waals surface area contributed by atoms with Crippen LogP contribution >= 0.6 is 0 Å². The van der Waals surface area contributed by atoms with Crippen molar-refractivity contribution in [2.45, 2.75) is 12.5 Å². The summed E-state index contributed by atoms with van der Waals surface area (Å²) in [4.78, 5) is 27.3. The number of para-hydroxylation sites is 1. The number of fused-ring (bicyclic) bond motifs is 1. The molecular weight excluding hydrogens is 380 g/mol. The van der Waals surface area contributed by atoms with Gasteiger partial charge in [-0.3, -0.25) is 14.5 Å². The average molecular weight is 402 g/mol. The fourth-order valence-corrected chi connectivity index (χ4v) is 3.71. The van der Waals surface area contributed by atoms with Gasteiger partial charge in [0.2, 0.25) is 5.91 Å². The maximum Gasteiger partial charge on any atom is 0.268 e. The molecule has 1 heterocycles. The minimum absolute atomic E-state index is 0.221. The summed E-state index contributed by atoms with van der Waals surface area (Å²) in [7, 11) is 1.55. The van der Waals surface area contributed by atoms with E-state index in [1.165, 1.54) is 4.90 Å². The van der Waals surface area contributed by atoms with Crippen molar-refractivity contribution in [2.75, 3.05) is 23.9 Å². The number of methoxy groups -OCH3 is 1. The molecule has 0 aliphatic carbocycles. The predicted molar refractivity (Wildman–Crippen MR) is 115 cm³/mol. The fourth-order valence-electron chi connectivity index (χ4n) is 3.71. The Hall–Kier alpha value is -3.64. The highest BCUT2D eigenvalue weighted by atomic mass is 16.5. The lowest BCUT2D eigenvalue weighted by molar-refractivity contribution is -0.133. The SMILES string of the molecule is COc1cccc(NC(=O)CN2C(=O)[C@](O)(c3ccc(C)cc3)c3ccccc32)c1. The molecule has 6 heteroatoms. The van der Waals surface area contributed by atoms with Gasteiger partial charge in [-0.05, 0) is 30.7 Å². The smallest absolute Gasteiger partial charge is 0.268 e. The van der Waals surface area contributed by atoms with Gasteiger partial charge in [-0.25, -0.2) is 0 Å². The third kappa shape index (κ3) is 3.31. The minimum atomic E-state index is -1.83. The van der Waals surface area contributed by atoms with Crippen LogP contribution in [0.25, 0.3) is 0 Å². The van der Waals surface area contributed by atoms with Crippen molar-refractivity contribution in [1.29, 1.82) is 0 Å². The highest BCUT2D eigenvalue weighted by molar-refractivity contribution is 6.12. The summed E-state index contributed by atoms with van der Waals surface area (Å²) in [5.74, 6) is -0.308. The number of amides is 2. The van der Waals surface area contributed by atoms with Gasteiger partial charge in [-0.2, -0.15) is 0 Å². The van der Waals surface area contributed by atoms with Crippen LogP contribution in [0.5, 0.6) is 5.75 Å². The van der Waals surface area contributed by atoms with E-state index < -0.39 is 11.5 Å². The van der Waals surface area contributed by atoms with Crippen LogP contribution < -0.4 is 15.0 Å². The lowest BCUT2D eigenvalue weighted by atomic mass is 9.87. The highest BCUT2D eigenvalue weighted by Gasteiger charge is 2.51. The Bertz CT molecular complexity index is 1110. The maximum atomic E-state index is 13.3. The Kier molecular flexibility index (Phi) is 5.01. The Labute approximate surface area is 174 Å². The predicted octanol–water partition coefficient (Wildman–Crippen LogP) is 3.22. The Balaban J connectivity index is 1.63. The van der Waals surface area contributed by atoms with E-state index in [2.05, 4.69) is 5.32 Å². The minimum Gasteiger partial charge on any atom is -0.497 e. The van der Waals surface area contributed by atoms with Crippen molar-refractivity contribution in [3.8, 4) is 5.75 Å². The second-order valence-corrected chi connectivity index (χ2v) is 7.27. The van der Waals surface area contributed by atoms with E-state index in [4.69, 9.17) is 4.74 Å². The van der Waals surface area contributed by atoms with Crippen LogP contribution in [0, 0.1) is 6.92 Å². The number of aryl methyl sites for hydroxylation is 1. The summed E-state index contributed by atoms with van der Waals surface area (Å²) in [6, 6.07) is 21.1. The van der Waals surface area contributed by atoms with Crippen molar-refractivity contribution in [1.82, 2.24) is 0 Å². The first-order valence-electron chi connectivity index (χ1n) is 9.58. The molecule has 3 aromatic carbocycles. The second-order valence-electron chi connectivity index (χ2n) is 7.27. The molecule has 2 amide bonds. The van der Waals surface area contributed by atoms with Crippen LogP contribution in [0.15, 0.2) is 72.8 Å². The fraction of sp³-hybridized carbons (Fsp3) is 0.167. The van der Waals surface area contributed by atoms with Gasteiger partial charge in [0.05, 0.1) is 12.8 Å². The summed E-state index contributed by atoms with van der Waals surface area (Å²) < 4.78 is 5.17. The molecule has 0 saturated heterocycles. The van der Waals surface area contributed by atoms with Crippen molar-refractivity contribution >= 4 is 23.2 Å². The van der Waals surface area contributed by atoms with E-state index in [-0.39, 0.29) is 12.5 Å². The Morgan fingerprint density at radius 1 is 1.07 bits per heavy atom. The van der Waals surface area contributed by atoms with Crippen molar-refractivity contribution in [3.05, 3.63) is 89.5 Å². The molecule has 0 saturated carbocycles. The van der Waals surface area contributed by atoms with Gasteiger partial charge in [0, 0.05) is 17.3 Å². The van der Waals surface area contributed by atoms with Crippen molar-refractivity contribution in [2.24, 2.45) is 0 Å². The molecule has 0 radical (unpaired) electrons. The molecule has 6 nitrogen and oxygen atoms in total. The number of nitrogens with zero attached hydrogens (tertiary/aromatic N) is 1. The summed E-state index contributed by atoms with van der Waals surface area (Å²) in [6.07, 6.45) is 0. The van der Waals surface area contributed by atoms with Crippen LogP contribution in [0.2, 0.25) is 0 Å². The molecule has 0 bridgehead atoms. The Morgan fingerprint density at radius 2 is 1.80 bits per heavy atom. The van der Waals surface area contributed by atoms with Crippen molar-refractivity contribution < 1.29 is 19.4 Å². The van der Waals surface area contributed by atoms with E-state index >= 15 is 0 Å². The number of rotatable bonds is 5. The highest BCUT2D eigenvalue weighted by Crippen LogP contribution is 2.44. The third-order valence-corrected chi connectivity index (χ3v) is 5.26. The lowest BCUT2D eigenvalue weighted by Crippen LogP contribution is -2.44. The molecule has 4 rings (SSSR count). The number of nitrogens with one attached hydrogen (secondary N) is 1. The molecular formula is C24H22N2O4. The van der Waals surface area contributed by atoms with Crippen LogP contribution in [-0.2, 0) is 15.2 Å². The van der Waals surface area contributed by atoms with Gasteiger partial charge in [-0.1, -0.05) is 54.1 Å². The average Bonchev–Trinajstić information content (AvgIpc) is 2.97. The molecule has 0 aromatic heterocycles. The molecule has 3 aromatic rings. The maximum absolute atomic E-state index is 13.3. The molecule has 0 fully saturated rings. The lowest BCUT2D eigenvalue weighted by Gasteiger charge is -2.23. The molecule has 30 heavy (non-hydrogen) atoms. The van der Waals surface area contributed by atoms with E-state index in [0.29, 0.717) is 28.3 Å². The van der Waals surface area contributed by atoms with Crippen LogP contribution in [0.1, 0.15) is 16.7 Å². The number of aliphatic hydroxyl groups is 1. The number of hydrogen-bond acceptors (Lipinski definition) is 4. The van der Waals surface area contributed by atoms with Gasteiger partial charge in [0.1, 0.15) is 12.3 Å². The summed E-state index contributed by atoms with van der Waals surface area (Å²) >= 11 is 0. The largest absolute Gasteiger partial charge is 0.497 e. The quantitative estimate of drug-likeness (QED) is 0.687. The molecule has 1 aliphatic heterocycles. The van der Waals surface area contributed by atoms with Crippen molar-refractivity contribution in [3.63, 3.8) is 0 Å². The van der Waals surface area contributed by atoms with E-state index in [1.807, 2.05) is 19.1 Å². The number of benzene rings is 3. The van der Waals surface area contributed by atoms with Gasteiger partial charge >= 0.3 is 0 Å². The monoisotopic (exact) mass is 402 g/mol. The van der Waals surface area contributed by atoms with E-state index in [1.54, 1.807) is 67.8 Å². The summed E-state index contributed by atoms with van der Waals surface area (Å²) in [6.45, 7) is 1.72. The third-order valence-electron chi connectivity index (χ3n) is 5.26. The molecule has 1 aliphatic rings. The molecule has 0 unspecified atom stereocenters. The van der Waals surface area contributed by atoms with E-state index in [0.717, 1.165) is 5.56 Å². The van der Waals surface area contributed by atoms with Crippen LogP contribution in [0.3, 0.4) is 0 Å². The van der Waals surface area contributed by atoms with Gasteiger partial charge < -0.3 is 15.2 Å². The first kappa shape index (κ1) is 19.7. The van der Waals surface area contributed by atoms with Gasteiger partial charge in [0.25, 0.3) is 5.91 Å². The number of ether oxygens (including phenoxy) is 1. The first-order valence-corrected chi connectivity index (χ1v) is 9.58. The zero-order chi connectivity index (χ0) is 21.3. The molecule has 152 valence electrons. The topological polar surface area (TPSA) is 78.9 Å². The van der Waals surface area contributed by atoms with E-state index in [9.17, 15) is 14.7 Å². The molecule has 2 N–H and O–H groups in total. The van der Waals surface area contributed by atoms with Gasteiger partial charge in [-0.15, -0.1) is 0 Å². The number of carbonyl (C=O) groups is 2. The first-order chi connectivity index (χ1) is 14.4. The number of anilines is 2. The van der Waals surface area contributed by atoms with Gasteiger partial charge in [0.15, 0.2) is 5.60 Å². The number of hydrogen-bond donors (Lipinski definition) is 2. The summed E-state index contributed by atoms with van der Waals surface area (Å²) in [5, 5.41) is 14.3. The standard InChI is InChI=1S/C24H22N2O4/c1-16-10-12-17(13-11-16)24(29)20-8-3-4-9-21(20)26(23(24)28)15-22(27)25-18-6-5-7-19(14-18)30-2/h3-14,29H,15H2,1-2H3,(H,25,27)/t24-/m0/s1. The summed E-state index contributed by atoms with van der Waals surface area (Å²) in [5.41, 5.74) is 1.21. The van der Waals surface area contributed by atoms with Crippen LogP contribution in [0.4, 0.5) is 11.4 Å². The second kappa shape index (κ2) is 7.65. The molecule has 0 spiro atoms. The van der Waals surface area contributed by atoms with Crippen LogP contribution in [-0.4, -0.2) is 30.6 Å². The zero-order valence-corrected chi connectivity index (χ0v) is 16.8. The zero-order valence-electron chi connectivity index (χ0n) is 16.8. The Morgan fingerprint density at radius 3 is 2.53 bits per heavy atom.